The molecule has 0 aromatic carbocycles. The molecule has 0 saturated carbocycles. The highest BCUT2D eigenvalue weighted by Gasteiger charge is 2.18. The van der Waals surface area contributed by atoms with Crippen molar-refractivity contribution in [1.29, 1.82) is 0 Å². The van der Waals surface area contributed by atoms with Crippen LogP contribution in [0.5, 0.6) is 0 Å². The summed E-state index contributed by atoms with van der Waals surface area (Å²) in [4.78, 5) is 0. The predicted molar refractivity (Wildman–Crippen MR) is 33.3 cm³/mol. The predicted octanol–water partition coefficient (Wildman–Crippen LogP) is -0.835. The SMILES string of the molecule is C=C(OS(=O)(=O)O)S(=O)(=O)O. The normalized spacial score (nSPS) is 12.5. The fraction of sp³-hybridized carbons (Fsp3) is 0. The first-order valence-electron chi connectivity index (χ1n) is 1.96. The van der Waals surface area contributed by atoms with E-state index in [4.69, 9.17) is 9.11 Å². The lowest BCUT2D eigenvalue weighted by Gasteiger charge is -1.99. The third kappa shape index (κ3) is 4.72. The molecule has 0 bridgehead atoms. The van der Waals surface area contributed by atoms with Crippen molar-refractivity contribution in [3.05, 3.63) is 11.7 Å². The minimum atomic E-state index is -4.95. The number of rotatable bonds is 3. The van der Waals surface area contributed by atoms with Gasteiger partial charge >= 0.3 is 20.5 Å². The van der Waals surface area contributed by atoms with E-state index in [1.165, 1.54) is 0 Å². The van der Waals surface area contributed by atoms with Crippen molar-refractivity contribution in [3.8, 4) is 0 Å². The first kappa shape index (κ1) is 10.4. The highest BCUT2D eigenvalue weighted by molar-refractivity contribution is 7.90. The molecule has 9 heteroatoms. The van der Waals surface area contributed by atoms with Crippen LogP contribution in [-0.2, 0) is 24.7 Å². The van der Waals surface area contributed by atoms with E-state index in [1.54, 1.807) is 0 Å². The van der Waals surface area contributed by atoms with Gasteiger partial charge in [0.1, 0.15) is 0 Å². The topological polar surface area (TPSA) is 118 Å². The summed E-state index contributed by atoms with van der Waals surface area (Å²) in [7, 11) is -9.74. The Balaban J connectivity index is 4.62. The van der Waals surface area contributed by atoms with Crippen LogP contribution in [0.15, 0.2) is 11.7 Å². The molecule has 0 saturated heterocycles. The molecule has 0 spiro atoms. The van der Waals surface area contributed by atoms with Gasteiger partial charge in [0, 0.05) is 0 Å². The molecule has 11 heavy (non-hydrogen) atoms. The van der Waals surface area contributed by atoms with Crippen LogP contribution < -0.4 is 0 Å². The first-order valence-corrected chi connectivity index (χ1v) is 4.77. The van der Waals surface area contributed by atoms with Crippen molar-refractivity contribution >= 4 is 20.5 Å². The van der Waals surface area contributed by atoms with Crippen LogP contribution in [0.2, 0.25) is 0 Å². The Morgan fingerprint density at radius 1 is 1.18 bits per heavy atom. The van der Waals surface area contributed by atoms with Crippen molar-refractivity contribution in [2.24, 2.45) is 0 Å². The van der Waals surface area contributed by atoms with E-state index < -0.39 is 25.6 Å². The standard InChI is InChI=1S/C2H4O7S2/c1-2(10(3,4)5)9-11(6,7)8/h1H2,(H,3,4,5)(H,6,7,8). The summed E-state index contributed by atoms with van der Waals surface area (Å²) in [5, 5.41) is -1.46. The molecule has 66 valence electrons. The van der Waals surface area contributed by atoms with Gasteiger partial charge in [-0.1, -0.05) is 0 Å². The lowest BCUT2D eigenvalue weighted by molar-refractivity contribution is 0.338. The van der Waals surface area contributed by atoms with Gasteiger partial charge in [0.2, 0.25) is 0 Å². The summed E-state index contributed by atoms with van der Waals surface area (Å²) < 4.78 is 58.7. The van der Waals surface area contributed by atoms with Crippen LogP contribution in [0.4, 0.5) is 0 Å². The van der Waals surface area contributed by atoms with Gasteiger partial charge in [-0.15, -0.1) is 0 Å². The third-order valence-corrected chi connectivity index (χ3v) is 1.66. The Kier molecular flexibility index (Phi) is 2.61. The maximum Gasteiger partial charge on any atom is 0.447 e. The van der Waals surface area contributed by atoms with Crippen molar-refractivity contribution in [3.63, 3.8) is 0 Å². The van der Waals surface area contributed by atoms with Gasteiger partial charge in [-0.05, 0) is 6.58 Å². The van der Waals surface area contributed by atoms with Gasteiger partial charge in [-0.25, -0.2) is 0 Å². The van der Waals surface area contributed by atoms with E-state index in [-0.39, 0.29) is 0 Å². The van der Waals surface area contributed by atoms with E-state index in [2.05, 4.69) is 10.8 Å². The summed E-state index contributed by atoms with van der Waals surface area (Å²) in [5.74, 6) is 0. The minimum absolute atomic E-state index is 1.46. The maximum absolute atomic E-state index is 9.96. The largest absolute Gasteiger partial charge is 0.447 e. The molecule has 0 heterocycles. The molecular weight excluding hydrogens is 200 g/mol. The van der Waals surface area contributed by atoms with Crippen molar-refractivity contribution < 1.29 is 30.1 Å². The van der Waals surface area contributed by atoms with Gasteiger partial charge in [0.05, 0.1) is 0 Å². The average molecular weight is 204 g/mol. The van der Waals surface area contributed by atoms with E-state index in [1.807, 2.05) is 0 Å². The second-order valence-electron chi connectivity index (χ2n) is 1.36. The van der Waals surface area contributed by atoms with Crippen LogP contribution in [-0.4, -0.2) is 25.9 Å². The van der Waals surface area contributed by atoms with E-state index in [0.717, 1.165) is 0 Å². The molecular formula is C2H4O7S2. The van der Waals surface area contributed by atoms with Crippen molar-refractivity contribution in [2.75, 3.05) is 0 Å². The van der Waals surface area contributed by atoms with Gasteiger partial charge in [-0.2, -0.15) is 16.8 Å². The zero-order valence-corrected chi connectivity index (χ0v) is 6.59. The summed E-state index contributed by atoms with van der Waals surface area (Å²) in [5.41, 5.74) is 0. The van der Waals surface area contributed by atoms with E-state index >= 15 is 0 Å². The molecule has 0 aliphatic heterocycles. The van der Waals surface area contributed by atoms with Crippen LogP contribution in [0.25, 0.3) is 0 Å². The fourth-order valence-electron chi connectivity index (χ4n) is 0.160. The van der Waals surface area contributed by atoms with Crippen molar-refractivity contribution in [1.82, 2.24) is 0 Å². The zero-order chi connectivity index (χ0) is 9.28. The molecule has 0 amide bonds. The van der Waals surface area contributed by atoms with Crippen LogP contribution >= 0.6 is 0 Å². The highest BCUT2D eigenvalue weighted by atomic mass is 32.3. The second kappa shape index (κ2) is 2.77. The number of hydrogen-bond donors (Lipinski definition) is 2. The molecule has 0 aromatic rings. The third-order valence-electron chi connectivity index (χ3n) is 0.486. The summed E-state index contributed by atoms with van der Waals surface area (Å²) in [6.07, 6.45) is 0. The average Bonchev–Trinajstić information content (AvgIpc) is 1.56. The van der Waals surface area contributed by atoms with Gasteiger partial charge in [0.25, 0.3) is 5.09 Å². The second-order valence-corrected chi connectivity index (χ2v) is 3.79. The molecule has 0 unspecified atom stereocenters. The molecule has 0 radical (unpaired) electrons. The molecule has 0 fully saturated rings. The fourth-order valence-corrected chi connectivity index (χ4v) is 0.997. The Bertz CT molecular complexity index is 344. The lowest BCUT2D eigenvalue weighted by Crippen LogP contribution is -2.09. The highest BCUT2D eigenvalue weighted by Crippen LogP contribution is 2.05. The molecule has 0 atom stereocenters. The minimum Gasteiger partial charge on any atom is -0.347 e. The zero-order valence-electron chi connectivity index (χ0n) is 4.96. The molecule has 0 aliphatic rings. The Morgan fingerprint density at radius 2 is 1.55 bits per heavy atom. The lowest BCUT2D eigenvalue weighted by atomic mass is 11.2. The smallest absolute Gasteiger partial charge is 0.347 e. The molecule has 0 rings (SSSR count). The molecule has 0 aliphatic carbocycles. The summed E-state index contributed by atoms with van der Waals surface area (Å²) in [6, 6.07) is 0. The Morgan fingerprint density at radius 3 is 1.64 bits per heavy atom. The van der Waals surface area contributed by atoms with Crippen molar-refractivity contribution in [2.45, 2.75) is 0 Å². The van der Waals surface area contributed by atoms with E-state index in [9.17, 15) is 16.8 Å². The van der Waals surface area contributed by atoms with Gasteiger partial charge in [-0.3, -0.25) is 9.11 Å². The van der Waals surface area contributed by atoms with Crippen LogP contribution in [0.3, 0.4) is 0 Å². The summed E-state index contributed by atoms with van der Waals surface area (Å²) >= 11 is 0. The maximum atomic E-state index is 9.96. The number of hydrogen-bond acceptors (Lipinski definition) is 5. The van der Waals surface area contributed by atoms with Gasteiger partial charge < -0.3 is 4.18 Å². The van der Waals surface area contributed by atoms with Gasteiger partial charge in [0.15, 0.2) is 0 Å². The molecule has 2 N–H and O–H groups in total. The first-order chi connectivity index (χ1) is 4.63. The molecule has 0 aromatic heterocycles. The monoisotopic (exact) mass is 204 g/mol. The van der Waals surface area contributed by atoms with Crippen LogP contribution in [0, 0.1) is 0 Å². The van der Waals surface area contributed by atoms with Crippen LogP contribution in [0.1, 0.15) is 0 Å². The summed E-state index contributed by atoms with van der Waals surface area (Å²) in [6.45, 7) is 2.51. The Labute approximate surface area is 63.0 Å². The Hall–Kier alpha value is -0.640. The molecule has 7 nitrogen and oxygen atoms in total. The quantitative estimate of drug-likeness (QED) is 0.454. The van der Waals surface area contributed by atoms with E-state index in [0.29, 0.717) is 0 Å².